The molecule has 0 spiro atoms. The number of halogens is 2. The maximum absolute atomic E-state index is 12.1. The van der Waals surface area contributed by atoms with Gasteiger partial charge >= 0.3 is 0 Å². The normalized spacial score (nSPS) is 10.2. The first-order chi connectivity index (χ1) is 8.58. The topological polar surface area (TPSA) is 42.0 Å². The van der Waals surface area contributed by atoms with Crippen molar-refractivity contribution in [1.82, 2.24) is 4.98 Å². The third kappa shape index (κ3) is 2.89. The van der Waals surface area contributed by atoms with Gasteiger partial charge in [-0.25, -0.2) is 0 Å². The van der Waals surface area contributed by atoms with Crippen molar-refractivity contribution in [3.05, 3.63) is 57.3 Å². The number of carbonyl (C=O) groups is 1. The Morgan fingerprint density at radius 3 is 2.89 bits per heavy atom. The summed E-state index contributed by atoms with van der Waals surface area (Å²) in [7, 11) is 0. The first-order valence-electron chi connectivity index (χ1n) is 5.26. The van der Waals surface area contributed by atoms with Gasteiger partial charge in [0.1, 0.15) is 0 Å². The van der Waals surface area contributed by atoms with Crippen molar-refractivity contribution in [2.75, 3.05) is 5.32 Å². The molecule has 2 aromatic rings. The zero-order valence-corrected chi connectivity index (χ0v) is 11.9. The summed E-state index contributed by atoms with van der Waals surface area (Å²) in [4.78, 5) is 16.2. The van der Waals surface area contributed by atoms with Crippen molar-refractivity contribution in [2.24, 2.45) is 0 Å². The molecule has 0 atom stereocenters. The monoisotopic (exact) mass is 324 g/mol. The molecule has 1 aromatic carbocycles. The van der Waals surface area contributed by atoms with Crippen LogP contribution in [0.1, 0.15) is 16.1 Å². The van der Waals surface area contributed by atoms with Crippen LogP contribution in [0.4, 0.5) is 5.69 Å². The van der Waals surface area contributed by atoms with Gasteiger partial charge in [0.15, 0.2) is 0 Å². The summed E-state index contributed by atoms with van der Waals surface area (Å²) >= 11 is 9.21. The highest BCUT2D eigenvalue weighted by atomic mass is 79.9. The number of rotatable bonds is 2. The minimum Gasteiger partial charge on any atom is -0.320 e. The average molecular weight is 326 g/mol. The first kappa shape index (κ1) is 13.1. The second-order valence-corrected chi connectivity index (χ2v) is 5.01. The van der Waals surface area contributed by atoms with Gasteiger partial charge in [-0.15, -0.1) is 0 Å². The smallest absolute Gasteiger partial charge is 0.256 e. The summed E-state index contributed by atoms with van der Waals surface area (Å²) in [5.41, 5.74) is 1.95. The molecule has 1 N–H and O–H groups in total. The maximum atomic E-state index is 12.1. The fourth-order valence-corrected chi connectivity index (χ4v) is 2.08. The Morgan fingerprint density at radius 2 is 2.17 bits per heavy atom. The number of aryl methyl sites for hydroxylation is 1. The largest absolute Gasteiger partial charge is 0.320 e. The van der Waals surface area contributed by atoms with Crippen molar-refractivity contribution >= 4 is 39.1 Å². The van der Waals surface area contributed by atoms with Crippen LogP contribution in [-0.4, -0.2) is 10.9 Å². The molecule has 1 amide bonds. The third-order valence-electron chi connectivity index (χ3n) is 2.43. The molecule has 0 saturated heterocycles. The second kappa shape index (κ2) is 5.50. The molecule has 0 fully saturated rings. The Morgan fingerprint density at radius 1 is 1.39 bits per heavy atom. The van der Waals surface area contributed by atoms with E-state index in [-0.39, 0.29) is 5.91 Å². The minimum atomic E-state index is -0.222. The summed E-state index contributed by atoms with van der Waals surface area (Å²) in [5.74, 6) is -0.222. The van der Waals surface area contributed by atoms with Gasteiger partial charge in [0.25, 0.3) is 5.91 Å². The van der Waals surface area contributed by atoms with Crippen molar-refractivity contribution in [2.45, 2.75) is 6.92 Å². The molecule has 2 rings (SSSR count). The molecule has 0 bridgehead atoms. The zero-order chi connectivity index (χ0) is 13.1. The summed E-state index contributed by atoms with van der Waals surface area (Å²) in [6, 6.07) is 8.66. The number of nitrogens with zero attached hydrogens (tertiary/aromatic N) is 1. The number of hydrogen-bond acceptors (Lipinski definition) is 2. The van der Waals surface area contributed by atoms with Gasteiger partial charge in [0, 0.05) is 15.7 Å². The van der Waals surface area contributed by atoms with Gasteiger partial charge in [0.05, 0.1) is 16.9 Å². The number of pyridine rings is 1. The molecule has 1 aromatic heterocycles. The highest BCUT2D eigenvalue weighted by Gasteiger charge is 2.12. The van der Waals surface area contributed by atoms with Crippen molar-refractivity contribution < 1.29 is 4.79 Å². The van der Waals surface area contributed by atoms with Crippen LogP contribution in [0.2, 0.25) is 5.02 Å². The number of carbonyl (C=O) groups excluding carboxylic acids is 1. The van der Waals surface area contributed by atoms with Gasteiger partial charge in [-0.1, -0.05) is 11.6 Å². The van der Waals surface area contributed by atoms with Gasteiger partial charge < -0.3 is 5.32 Å². The Kier molecular flexibility index (Phi) is 3.99. The van der Waals surface area contributed by atoms with E-state index in [4.69, 9.17) is 11.6 Å². The van der Waals surface area contributed by atoms with Crippen LogP contribution in [-0.2, 0) is 0 Å². The molecule has 0 radical (unpaired) electrons. The molecule has 0 saturated carbocycles. The van der Waals surface area contributed by atoms with Gasteiger partial charge in [0.2, 0.25) is 0 Å². The van der Waals surface area contributed by atoms with E-state index in [9.17, 15) is 4.79 Å². The molecule has 92 valence electrons. The van der Waals surface area contributed by atoms with Gasteiger partial charge in [-0.05, 0) is 53.2 Å². The van der Waals surface area contributed by atoms with Crippen molar-refractivity contribution in [3.63, 3.8) is 0 Å². The summed E-state index contributed by atoms with van der Waals surface area (Å²) in [6.45, 7) is 1.84. The highest BCUT2D eigenvalue weighted by Crippen LogP contribution is 2.22. The SMILES string of the molecule is Cc1ncccc1NC(=O)c1cc(Cl)ccc1Br. The fraction of sp³-hybridized carbons (Fsp3) is 0.0769. The molecule has 0 aliphatic heterocycles. The number of amides is 1. The molecule has 0 aliphatic rings. The molecular formula is C13H10BrClN2O. The van der Waals surface area contributed by atoms with E-state index in [1.807, 2.05) is 6.92 Å². The Labute approximate surface area is 118 Å². The van der Waals surface area contributed by atoms with Crippen LogP contribution in [0, 0.1) is 6.92 Å². The molecular weight excluding hydrogens is 316 g/mol. The van der Waals surface area contributed by atoms with Crippen LogP contribution in [0.25, 0.3) is 0 Å². The summed E-state index contributed by atoms with van der Waals surface area (Å²) < 4.78 is 0.700. The maximum Gasteiger partial charge on any atom is 0.256 e. The number of hydrogen-bond donors (Lipinski definition) is 1. The lowest BCUT2D eigenvalue weighted by Gasteiger charge is -2.08. The number of anilines is 1. The van der Waals surface area contributed by atoms with Gasteiger partial charge in [-0.2, -0.15) is 0 Å². The van der Waals surface area contributed by atoms with Gasteiger partial charge in [-0.3, -0.25) is 9.78 Å². The van der Waals surface area contributed by atoms with Crippen LogP contribution < -0.4 is 5.32 Å². The van der Waals surface area contributed by atoms with Crippen LogP contribution in [0.5, 0.6) is 0 Å². The lowest BCUT2D eigenvalue weighted by atomic mass is 10.2. The molecule has 0 unspecified atom stereocenters. The molecule has 1 heterocycles. The average Bonchev–Trinajstić information content (AvgIpc) is 2.35. The zero-order valence-electron chi connectivity index (χ0n) is 9.58. The standard InChI is InChI=1S/C13H10BrClN2O/c1-8-12(3-2-6-16-8)17-13(18)10-7-9(15)4-5-11(10)14/h2-7H,1H3,(H,17,18). The number of benzene rings is 1. The summed E-state index contributed by atoms with van der Waals surface area (Å²) in [5, 5.41) is 3.32. The van der Waals surface area contributed by atoms with Crippen LogP contribution in [0.3, 0.4) is 0 Å². The predicted octanol–water partition coefficient (Wildman–Crippen LogP) is 4.06. The summed E-state index contributed by atoms with van der Waals surface area (Å²) in [6.07, 6.45) is 1.68. The van der Waals surface area contributed by atoms with E-state index in [2.05, 4.69) is 26.2 Å². The Hall–Kier alpha value is -1.39. The minimum absolute atomic E-state index is 0.222. The quantitative estimate of drug-likeness (QED) is 0.905. The Balaban J connectivity index is 2.28. The third-order valence-corrected chi connectivity index (χ3v) is 3.35. The Bertz CT molecular complexity index is 601. The number of aromatic nitrogens is 1. The fourth-order valence-electron chi connectivity index (χ4n) is 1.48. The first-order valence-corrected chi connectivity index (χ1v) is 6.43. The molecule has 3 nitrogen and oxygen atoms in total. The lowest BCUT2D eigenvalue weighted by molar-refractivity contribution is 0.102. The van der Waals surface area contributed by atoms with E-state index in [0.717, 1.165) is 5.69 Å². The van der Waals surface area contributed by atoms with Crippen molar-refractivity contribution in [3.8, 4) is 0 Å². The van der Waals surface area contributed by atoms with E-state index in [1.165, 1.54) is 0 Å². The lowest BCUT2D eigenvalue weighted by Crippen LogP contribution is -2.13. The van der Waals surface area contributed by atoms with E-state index >= 15 is 0 Å². The van der Waals surface area contributed by atoms with E-state index in [1.54, 1.807) is 36.5 Å². The van der Waals surface area contributed by atoms with Crippen molar-refractivity contribution in [1.29, 1.82) is 0 Å². The molecule has 5 heteroatoms. The second-order valence-electron chi connectivity index (χ2n) is 3.71. The molecule has 0 aliphatic carbocycles. The highest BCUT2D eigenvalue weighted by molar-refractivity contribution is 9.10. The number of nitrogens with one attached hydrogen (secondary N) is 1. The molecule has 18 heavy (non-hydrogen) atoms. The van der Waals surface area contributed by atoms with E-state index in [0.29, 0.717) is 20.7 Å². The predicted molar refractivity (Wildman–Crippen MR) is 76.1 cm³/mol. The van der Waals surface area contributed by atoms with Crippen LogP contribution >= 0.6 is 27.5 Å². The van der Waals surface area contributed by atoms with E-state index < -0.39 is 0 Å². The van der Waals surface area contributed by atoms with Crippen LogP contribution in [0.15, 0.2) is 41.0 Å².